The van der Waals surface area contributed by atoms with Crippen LogP contribution in [0.5, 0.6) is 0 Å². The first-order valence-corrected chi connectivity index (χ1v) is 9.98. The summed E-state index contributed by atoms with van der Waals surface area (Å²) in [5, 5.41) is 0. The van der Waals surface area contributed by atoms with Crippen LogP contribution in [0.25, 0.3) is 17.2 Å². The molecule has 0 fully saturated rings. The van der Waals surface area contributed by atoms with Gasteiger partial charge in [-0.3, -0.25) is 0 Å². The van der Waals surface area contributed by atoms with Gasteiger partial charge in [0.1, 0.15) is 5.82 Å². The monoisotopic (exact) mass is 464 g/mol. The fourth-order valence-corrected chi connectivity index (χ4v) is 4.33. The lowest BCUT2D eigenvalue weighted by atomic mass is 9.95. The summed E-state index contributed by atoms with van der Waals surface area (Å²) in [5.74, 6) is 0.997. The van der Waals surface area contributed by atoms with E-state index in [0.29, 0.717) is 0 Å². The Hall–Kier alpha value is -2.17. The van der Waals surface area contributed by atoms with E-state index in [9.17, 15) is 0 Å². The maximum atomic E-state index is 4.72. The molecule has 0 aliphatic carbocycles. The van der Waals surface area contributed by atoms with Crippen LogP contribution < -0.4 is 4.90 Å². The van der Waals surface area contributed by atoms with E-state index in [1.807, 2.05) is 6.21 Å². The average molecular weight is 466 g/mol. The number of anilines is 1. The highest BCUT2D eigenvalue weighted by Gasteiger charge is 2.26. The van der Waals surface area contributed by atoms with Crippen molar-refractivity contribution in [3.63, 3.8) is 0 Å². The van der Waals surface area contributed by atoms with Gasteiger partial charge in [-0.2, -0.15) is 0 Å². The summed E-state index contributed by atoms with van der Waals surface area (Å²) >= 11 is 7.19. The second kappa shape index (κ2) is 6.22. The summed E-state index contributed by atoms with van der Waals surface area (Å²) < 4.78 is 2.14. The minimum atomic E-state index is 0.831. The molecule has 0 N–H and O–H groups in total. The molecule has 0 unspecified atom stereocenters. The molecule has 0 atom stereocenters. The van der Waals surface area contributed by atoms with Crippen LogP contribution in [-0.2, 0) is 6.54 Å². The van der Waals surface area contributed by atoms with Gasteiger partial charge in [-0.15, -0.1) is 0 Å². The van der Waals surface area contributed by atoms with E-state index in [0.717, 1.165) is 26.9 Å². The first kappa shape index (κ1) is 16.0. The Balaban J connectivity index is 1.72. The molecule has 3 aromatic carbocycles. The Morgan fingerprint density at radius 3 is 2.50 bits per heavy atom. The molecule has 2 aliphatic heterocycles. The van der Waals surface area contributed by atoms with Crippen LogP contribution in [-0.4, -0.2) is 6.21 Å². The number of fused-ring (bicyclic) bond motifs is 4. The predicted octanol–water partition coefficient (Wildman–Crippen LogP) is 6.63. The van der Waals surface area contributed by atoms with Crippen LogP contribution in [0.3, 0.4) is 0 Å². The average Bonchev–Trinajstić information content (AvgIpc) is 2.66. The van der Waals surface area contributed by atoms with E-state index >= 15 is 0 Å². The lowest BCUT2D eigenvalue weighted by Gasteiger charge is -2.35. The molecule has 0 saturated heterocycles. The smallest absolute Gasteiger partial charge is 0.133 e. The molecule has 2 aliphatic rings. The molecule has 0 bridgehead atoms. The van der Waals surface area contributed by atoms with Crippen molar-refractivity contribution >= 4 is 49.8 Å². The van der Waals surface area contributed by atoms with Crippen molar-refractivity contribution in [1.29, 1.82) is 0 Å². The number of benzene rings is 3. The summed E-state index contributed by atoms with van der Waals surface area (Å²) in [4.78, 5) is 7.04. The molecule has 26 heavy (non-hydrogen) atoms. The highest BCUT2D eigenvalue weighted by molar-refractivity contribution is 9.10. The number of halogens is 2. The van der Waals surface area contributed by atoms with Crippen molar-refractivity contribution in [2.24, 2.45) is 4.99 Å². The van der Waals surface area contributed by atoms with Gasteiger partial charge in [-0.1, -0.05) is 68.3 Å². The van der Waals surface area contributed by atoms with E-state index < -0.39 is 0 Å². The number of nitrogens with zero attached hydrogens (tertiary/aromatic N) is 2. The van der Waals surface area contributed by atoms with E-state index in [1.54, 1.807) is 0 Å². The SMILES string of the molecule is Brc1ccc(-c2cc(Br)cc3c2N2Cc4ccccc4C=C2N=C3)cc1. The first-order valence-electron chi connectivity index (χ1n) is 8.40. The van der Waals surface area contributed by atoms with Crippen molar-refractivity contribution in [3.8, 4) is 11.1 Å². The molecule has 4 heteroatoms. The molecule has 0 amide bonds. The maximum absolute atomic E-state index is 4.72. The zero-order valence-corrected chi connectivity index (χ0v) is 17.0. The summed E-state index contributed by atoms with van der Waals surface area (Å²) in [6, 6.07) is 21.3. The Labute approximate surface area is 169 Å². The topological polar surface area (TPSA) is 15.6 Å². The van der Waals surface area contributed by atoms with Crippen LogP contribution in [0.2, 0.25) is 0 Å². The first-order chi connectivity index (χ1) is 12.7. The van der Waals surface area contributed by atoms with Crippen molar-refractivity contribution in [2.45, 2.75) is 6.54 Å². The highest BCUT2D eigenvalue weighted by Crippen LogP contribution is 2.43. The number of aliphatic imine (C=N–C) groups is 1. The zero-order valence-electron chi connectivity index (χ0n) is 13.8. The van der Waals surface area contributed by atoms with Gasteiger partial charge in [0.2, 0.25) is 0 Å². The van der Waals surface area contributed by atoms with Crippen LogP contribution in [0.15, 0.2) is 80.4 Å². The van der Waals surface area contributed by atoms with E-state index in [1.165, 1.54) is 27.9 Å². The van der Waals surface area contributed by atoms with Crippen LogP contribution in [0, 0.1) is 0 Å². The lowest BCUT2D eigenvalue weighted by molar-refractivity contribution is 0.882. The Kier molecular flexibility index (Phi) is 3.84. The van der Waals surface area contributed by atoms with Gasteiger partial charge >= 0.3 is 0 Å². The quantitative estimate of drug-likeness (QED) is 0.393. The predicted molar refractivity (Wildman–Crippen MR) is 115 cm³/mol. The molecule has 0 saturated carbocycles. The van der Waals surface area contributed by atoms with Gasteiger partial charge in [0.25, 0.3) is 0 Å². The summed E-state index contributed by atoms with van der Waals surface area (Å²) in [6.45, 7) is 0.831. The van der Waals surface area contributed by atoms with Crippen LogP contribution >= 0.6 is 31.9 Å². The largest absolute Gasteiger partial charge is 0.321 e. The zero-order chi connectivity index (χ0) is 17.7. The molecular formula is C22H14Br2N2. The molecule has 0 aromatic heterocycles. The summed E-state index contributed by atoms with van der Waals surface area (Å²) in [5.41, 5.74) is 7.32. The van der Waals surface area contributed by atoms with Gasteiger partial charge in [0.15, 0.2) is 0 Å². The summed E-state index contributed by atoms with van der Waals surface area (Å²) in [7, 11) is 0. The van der Waals surface area contributed by atoms with Gasteiger partial charge in [0.05, 0.1) is 12.2 Å². The maximum Gasteiger partial charge on any atom is 0.133 e. The Morgan fingerprint density at radius 2 is 1.65 bits per heavy atom. The summed E-state index contributed by atoms with van der Waals surface area (Å²) in [6.07, 6.45) is 4.14. The van der Waals surface area contributed by atoms with Crippen LogP contribution in [0.4, 0.5) is 5.69 Å². The van der Waals surface area contributed by atoms with E-state index in [-0.39, 0.29) is 0 Å². The molecule has 126 valence electrons. The molecule has 0 radical (unpaired) electrons. The Morgan fingerprint density at radius 1 is 0.846 bits per heavy atom. The normalized spacial score (nSPS) is 14.4. The standard InChI is InChI=1S/C22H14Br2N2/c23-18-7-5-14(6-8-18)20-11-19(24)9-17-12-25-21-10-15-3-1-2-4-16(15)13-26(21)22(17)20/h1-12H,13H2. The fourth-order valence-electron chi connectivity index (χ4n) is 3.59. The third-order valence-corrected chi connectivity index (χ3v) is 5.80. The van der Waals surface area contributed by atoms with Crippen molar-refractivity contribution in [3.05, 3.63) is 92.1 Å². The molecular weight excluding hydrogens is 452 g/mol. The minimum Gasteiger partial charge on any atom is -0.321 e. The van der Waals surface area contributed by atoms with Crippen molar-refractivity contribution < 1.29 is 0 Å². The third kappa shape index (κ3) is 2.65. The molecule has 2 nitrogen and oxygen atoms in total. The molecule has 2 heterocycles. The second-order valence-corrected chi connectivity index (χ2v) is 8.28. The van der Waals surface area contributed by atoms with E-state index in [2.05, 4.69) is 103 Å². The second-order valence-electron chi connectivity index (χ2n) is 6.44. The van der Waals surface area contributed by atoms with Gasteiger partial charge in [-0.05, 0) is 47.0 Å². The lowest BCUT2D eigenvalue weighted by Crippen LogP contribution is -2.28. The minimum absolute atomic E-state index is 0.831. The molecule has 5 rings (SSSR count). The number of hydrogen-bond acceptors (Lipinski definition) is 2. The van der Waals surface area contributed by atoms with Crippen molar-refractivity contribution in [2.75, 3.05) is 4.90 Å². The van der Waals surface area contributed by atoms with Crippen molar-refractivity contribution in [1.82, 2.24) is 0 Å². The van der Waals surface area contributed by atoms with Gasteiger partial charge < -0.3 is 4.90 Å². The van der Waals surface area contributed by atoms with Gasteiger partial charge in [-0.25, -0.2) is 4.99 Å². The number of rotatable bonds is 1. The highest BCUT2D eigenvalue weighted by atomic mass is 79.9. The third-order valence-electron chi connectivity index (χ3n) is 4.81. The number of hydrogen-bond donors (Lipinski definition) is 0. The van der Waals surface area contributed by atoms with Gasteiger partial charge in [0, 0.05) is 26.3 Å². The van der Waals surface area contributed by atoms with E-state index in [4.69, 9.17) is 4.99 Å². The molecule has 3 aromatic rings. The Bertz CT molecular complexity index is 1080. The van der Waals surface area contributed by atoms with Crippen LogP contribution in [0.1, 0.15) is 16.7 Å². The molecule has 0 spiro atoms. The fraction of sp³-hybridized carbons (Fsp3) is 0.0455.